The third-order valence-electron chi connectivity index (χ3n) is 4.11. The molecular formula is C20H20N2O8. The molecule has 0 aliphatic heterocycles. The van der Waals surface area contributed by atoms with Crippen LogP contribution in [0.1, 0.15) is 34.6 Å². The van der Waals surface area contributed by atoms with Gasteiger partial charge in [-0.2, -0.15) is 0 Å². The van der Waals surface area contributed by atoms with E-state index in [1.165, 1.54) is 34.1 Å². The Labute approximate surface area is 171 Å². The van der Waals surface area contributed by atoms with E-state index in [0.29, 0.717) is 11.3 Å². The van der Waals surface area contributed by atoms with Crippen molar-refractivity contribution in [2.75, 3.05) is 19.5 Å². The van der Waals surface area contributed by atoms with E-state index >= 15 is 0 Å². The van der Waals surface area contributed by atoms with Crippen LogP contribution in [0.4, 0.5) is 11.4 Å². The summed E-state index contributed by atoms with van der Waals surface area (Å²) < 4.78 is 15.2. The Kier molecular flexibility index (Phi) is 7.08. The van der Waals surface area contributed by atoms with Gasteiger partial charge in [0.1, 0.15) is 5.56 Å². The fraction of sp³-hybridized carbons (Fsp3) is 0.250. The predicted octanol–water partition coefficient (Wildman–Crippen LogP) is 3.00. The van der Waals surface area contributed by atoms with Crippen molar-refractivity contribution < 1.29 is 33.5 Å². The van der Waals surface area contributed by atoms with Gasteiger partial charge in [-0.25, -0.2) is 4.79 Å². The van der Waals surface area contributed by atoms with E-state index < -0.39 is 34.2 Å². The lowest BCUT2D eigenvalue weighted by molar-refractivity contribution is -0.385. The SMILES string of the molecule is COc1cc(C(=O)O[C@H](C)C(=O)Nc2cccc(C(C)=O)c2)c([N+](=O)[O-])cc1OC. The molecule has 0 unspecified atom stereocenters. The lowest BCUT2D eigenvalue weighted by Crippen LogP contribution is -2.30. The molecule has 2 rings (SSSR count). The summed E-state index contributed by atoms with van der Waals surface area (Å²) in [6, 6.07) is 8.38. The highest BCUT2D eigenvalue weighted by Crippen LogP contribution is 2.35. The number of Topliss-reactive ketones (excluding diaryl/α,β-unsaturated/α-hetero) is 1. The Bertz CT molecular complexity index is 1000. The molecule has 158 valence electrons. The first-order valence-electron chi connectivity index (χ1n) is 8.71. The number of nitro benzene ring substituents is 1. The molecule has 0 radical (unpaired) electrons. The maximum absolute atomic E-state index is 12.5. The zero-order valence-electron chi connectivity index (χ0n) is 16.8. The smallest absolute Gasteiger partial charge is 0.346 e. The number of esters is 1. The summed E-state index contributed by atoms with van der Waals surface area (Å²) in [5, 5.41) is 13.9. The lowest BCUT2D eigenvalue weighted by atomic mass is 10.1. The number of ketones is 1. The number of nitrogens with one attached hydrogen (secondary N) is 1. The van der Waals surface area contributed by atoms with E-state index in [1.807, 2.05) is 0 Å². The van der Waals surface area contributed by atoms with E-state index in [0.717, 1.165) is 12.1 Å². The number of benzene rings is 2. The average molecular weight is 416 g/mol. The zero-order valence-corrected chi connectivity index (χ0v) is 16.8. The van der Waals surface area contributed by atoms with Crippen LogP contribution in [0.3, 0.4) is 0 Å². The highest BCUT2D eigenvalue weighted by atomic mass is 16.6. The molecule has 1 atom stereocenters. The highest BCUT2D eigenvalue weighted by Gasteiger charge is 2.28. The molecule has 2 aromatic rings. The van der Waals surface area contributed by atoms with Gasteiger partial charge in [0, 0.05) is 17.3 Å². The molecule has 10 nitrogen and oxygen atoms in total. The molecule has 1 N–H and O–H groups in total. The molecule has 0 aromatic heterocycles. The normalized spacial score (nSPS) is 11.2. The number of amides is 1. The van der Waals surface area contributed by atoms with Crippen molar-refractivity contribution >= 4 is 29.0 Å². The number of ether oxygens (including phenoxy) is 3. The standard InChI is InChI=1S/C20H20N2O8/c1-11(23)13-6-5-7-14(8-13)21-19(24)12(2)30-20(25)15-9-17(28-3)18(29-4)10-16(15)22(26)27/h5-10,12H,1-4H3,(H,21,24)/t12-/m1/s1. The molecule has 0 aliphatic rings. The Morgan fingerprint density at radius 2 is 1.70 bits per heavy atom. The number of hydrogen-bond donors (Lipinski definition) is 1. The Morgan fingerprint density at radius 1 is 1.07 bits per heavy atom. The first-order chi connectivity index (χ1) is 14.2. The Balaban J connectivity index is 2.20. The summed E-state index contributed by atoms with van der Waals surface area (Å²) in [4.78, 5) is 46.9. The lowest BCUT2D eigenvalue weighted by Gasteiger charge is -2.15. The van der Waals surface area contributed by atoms with Crippen LogP contribution in [0.15, 0.2) is 36.4 Å². The second-order valence-corrected chi connectivity index (χ2v) is 6.16. The minimum atomic E-state index is -1.27. The van der Waals surface area contributed by atoms with Gasteiger partial charge in [0.2, 0.25) is 0 Å². The monoisotopic (exact) mass is 416 g/mol. The quantitative estimate of drug-likeness (QED) is 0.300. The van der Waals surface area contributed by atoms with Crippen molar-refractivity contribution in [1.82, 2.24) is 0 Å². The summed E-state index contributed by atoms with van der Waals surface area (Å²) in [6.45, 7) is 2.70. The molecule has 0 heterocycles. The minimum Gasteiger partial charge on any atom is -0.493 e. The van der Waals surface area contributed by atoms with Crippen LogP contribution in [-0.2, 0) is 9.53 Å². The number of carbonyl (C=O) groups is 3. The second-order valence-electron chi connectivity index (χ2n) is 6.16. The van der Waals surface area contributed by atoms with E-state index in [1.54, 1.807) is 18.2 Å². The topological polar surface area (TPSA) is 134 Å². The van der Waals surface area contributed by atoms with Gasteiger partial charge in [-0.15, -0.1) is 0 Å². The Hall–Kier alpha value is -3.95. The fourth-order valence-corrected chi connectivity index (χ4v) is 2.52. The van der Waals surface area contributed by atoms with E-state index in [9.17, 15) is 24.5 Å². The first-order valence-corrected chi connectivity index (χ1v) is 8.71. The van der Waals surface area contributed by atoms with Crippen LogP contribution in [-0.4, -0.2) is 42.9 Å². The maximum atomic E-state index is 12.5. The largest absolute Gasteiger partial charge is 0.493 e. The number of anilines is 1. The van der Waals surface area contributed by atoms with Gasteiger partial charge < -0.3 is 19.5 Å². The summed E-state index contributed by atoms with van der Waals surface area (Å²) in [5.74, 6) is -1.77. The zero-order chi connectivity index (χ0) is 22.4. The van der Waals surface area contributed by atoms with E-state index in [2.05, 4.69) is 5.32 Å². The number of carbonyl (C=O) groups excluding carboxylic acids is 3. The van der Waals surface area contributed by atoms with Crippen LogP contribution in [0.2, 0.25) is 0 Å². The van der Waals surface area contributed by atoms with Gasteiger partial charge in [0.25, 0.3) is 11.6 Å². The van der Waals surface area contributed by atoms with E-state index in [-0.39, 0.29) is 17.3 Å². The first kappa shape index (κ1) is 22.3. The van der Waals surface area contributed by atoms with Crippen LogP contribution in [0.5, 0.6) is 11.5 Å². The van der Waals surface area contributed by atoms with Crippen molar-refractivity contribution in [3.8, 4) is 11.5 Å². The number of nitrogens with zero attached hydrogens (tertiary/aromatic N) is 1. The summed E-state index contributed by atoms with van der Waals surface area (Å²) in [5.41, 5.74) is -0.207. The fourth-order valence-electron chi connectivity index (χ4n) is 2.52. The van der Waals surface area contributed by atoms with Crippen molar-refractivity contribution in [3.05, 3.63) is 57.6 Å². The highest BCUT2D eigenvalue weighted by molar-refractivity contribution is 6.00. The summed E-state index contributed by atoms with van der Waals surface area (Å²) in [7, 11) is 2.61. The number of hydrogen-bond acceptors (Lipinski definition) is 8. The third-order valence-corrected chi connectivity index (χ3v) is 4.11. The van der Waals surface area contributed by atoms with Crippen molar-refractivity contribution in [3.63, 3.8) is 0 Å². The predicted molar refractivity (Wildman–Crippen MR) is 106 cm³/mol. The van der Waals surface area contributed by atoms with Crippen molar-refractivity contribution in [2.45, 2.75) is 20.0 Å². The van der Waals surface area contributed by atoms with Gasteiger partial charge in [-0.1, -0.05) is 12.1 Å². The Morgan fingerprint density at radius 3 is 2.27 bits per heavy atom. The van der Waals surface area contributed by atoms with Crippen LogP contribution in [0, 0.1) is 10.1 Å². The van der Waals surface area contributed by atoms with Crippen LogP contribution in [0.25, 0.3) is 0 Å². The molecule has 10 heteroatoms. The molecule has 0 saturated heterocycles. The number of methoxy groups -OCH3 is 2. The van der Waals surface area contributed by atoms with Crippen molar-refractivity contribution in [2.24, 2.45) is 0 Å². The van der Waals surface area contributed by atoms with Gasteiger partial charge in [0.05, 0.1) is 25.2 Å². The molecule has 0 aliphatic carbocycles. The molecule has 0 fully saturated rings. The molecule has 30 heavy (non-hydrogen) atoms. The van der Waals surface area contributed by atoms with Gasteiger partial charge >= 0.3 is 5.97 Å². The third kappa shape index (κ3) is 5.10. The molecule has 0 saturated carbocycles. The second kappa shape index (κ2) is 9.50. The number of rotatable bonds is 8. The summed E-state index contributed by atoms with van der Waals surface area (Å²) in [6.07, 6.45) is -1.27. The number of nitro groups is 1. The summed E-state index contributed by atoms with van der Waals surface area (Å²) >= 11 is 0. The molecule has 2 aromatic carbocycles. The molecule has 0 bridgehead atoms. The molecule has 0 spiro atoms. The van der Waals surface area contributed by atoms with Crippen LogP contribution < -0.4 is 14.8 Å². The van der Waals surface area contributed by atoms with Crippen molar-refractivity contribution in [1.29, 1.82) is 0 Å². The average Bonchev–Trinajstić information content (AvgIpc) is 2.72. The molecule has 1 amide bonds. The van der Waals surface area contributed by atoms with E-state index in [4.69, 9.17) is 14.2 Å². The molecular weight excluding hydrogens is 396 g/mol. The van der Waals surface area contributed by atoms with Crippen LogP contribution >= 0.6 is 0 Å². The minimum absolute atomic E-state index is 0.0666. The van der Waals surface area contributed by atoms with Gasteiger partial charge in [0.15, 0.2) is 23.4 Å². The van der Waals surface area contributed by atoms with Gasteiger partial charge in [-0.3, -0.25) is 19.7 Å². The van der Waals surface area contributed by atoms with Gasteiger partial charge in [-0.05, 0) is 26.0 Å². The maximum Gasteiger partial charge on any atom is 0.346 e.